The van der Waals surface area contributed by atoms with E-state index < -0.39 is 5.41 Å². The second kappa shape index (κ2) is 9.75. The third-order valence-corrected chi connectivity index (χ3v) is 5.97. The number of furan rings is 1. The van der Waals surface area contributed by atoms with E-state index in [4.69, 9.17) is 9.15 Å². The van der Waals surface area contributed by atoms with Crippen molar-refractivity contribution in [2.75, 3.05) is 13.1 Å². The van der Waals surface area contributed by atoms with Crippen molar-refractivity contribution in [1.29, 1.82) is 0 Å². The number of rotatable bonds is 6. The van der Waals surface area contributed by atoms with Crippen molar-refractivity contribution in [2.45, 2.75) is 46.8 Å². The summed E-state index contributed by atoms with van der Waals surface area (Å²) >= 11 is 0. The quantitative estimate of drug-likeness (QED) is 0.554. The molecule has 1 atom stereocenters. The molecule has 0 unspecified atom stereocenters. The molecule has 1 N–H and O–H groups in total. The highest BCUT2D eigenvalue weighted by atomic mass is 16.5. The van der Waals surface area contributed by atoms with E-state index in [1.165, 1.54) is 5.56 Å². The zero-order valence-corrected chi connectivity index (χ0v) is 20.3. The zero-order chi connectivity index (χ0) is 24.3. The van der Waals surface area contributed by atoms with Gasteiger partial charge < -0.3 is 19.4 Å². The first-order valence-electron chi connectivity index (χ1n) is 11.8. The lowest BCUT2D eigenvalue weighted by Crippen LogP contribution is -2.45. The van der Waals surface area contributed by atoms with Gasteiger partial charge in [-0.05, 0) is 54.3 Å². The number of amides is 2. The van der Waals surface area contributed by atoms with Crippen molar-refractivity contribution >= 4 is 11.8 Å². The molecule has 2 aromatic carbocycles. The number of hydrogen-bond acceptors (Lipinski definition) is 4. The Hall–Kier alpha value is -3.54. The lowest BCUT2D eigenvalue weighted by molar-refractivity contribution is -0.141. The Labute approximate surface area is 200 Å². The minimum Gasteiger partial charge on any atom is -0.486 e. The van der Waals surface area contributed by atoms with Gasteiger partial charge in [-0.25, -0.2) is 0 Å². The predicted octanol–water partition coefficient (Wildman–Crippen LogP) is 5.13. The molecule has 2 heterocycles. The fraction of sp³-hybridized carbons (Fsp3) is 0.357. The standard InChI is InChI=1S/C28H32N2O4/c1-5-29-26(31)24-14-13-22(34-24)18-33-21-12-11-19-15-16-30(27(32)28(2,3)4)25(23(19)17-21)20-9-7-6-8-10-20/h6-14,17,25H,5,15-16,18H2,1-4H3,(H,29,31)/t25-/m1/s1. The van der Waals surface area contributed by atoms with Gasteiger partial charge in [0.25, 0.3) is 5.91 Å². The number of nitrogens with one attached hydrogen (secondary N) is 1. The average molecular weight is 461 g/mol. The van der Waals surface area contributed by atoms with Gasteiger partial charge in [-0.1, -0.05) is 57.2 Å². The van der Waals surface area contributed by atoms with Gasteiger partial charge in [0.1, 0.15) is 18.1 Å². The van der Waals surface area contributed by atoms with E-state index in [-0.39, 0.29) is 30.2 Å². The van der Waals surface area contributed by atoms with E-state index in [1.807, 2.05) is 62.9 Å². The Bertz CT molecular complexity index is 1160. The molecule has 1 aromatic heterocycles. The van der Waals surface area contributed by atoms with Crippen molar-refractivity contribution in [3.05, 3.63) is 88.9 Å². The van der Waals surface area contributed by atoms with Gasteiger partial charge in [-0.15, -0.1) is 0 Å². The largest absolute Gasteiger partial charge is 0.486 e. The van der Waals surface area contributed by atoms with Crippen LogP contribution in [0.1, 0.15) is 66.7 Å². The predicted molar refractivity (Wildman–Crippen MR) is 131 cm³/mol. The molecule has 1 aliphatic rings. The Kier molecular flexibility index (Phi) is 6.77. The fourth-order valence-electron chi connectivity index (χ4n) is 4.31. The van der Waals surface area contributed by atoms with Gasteiger partial charge in [0.15, 0.2) is 5.76 Å². The molecule has 0 aliphatic carbocycles. The zero-order valence-electron chi connectivity index (χ0n) is 20.3. The summed E-state index contributed by atoms with van der Waals surface area (Å²) in [5, 5.41) is 2.72. The first-order chi connectivity index (χ1) is 16.3. The van der Waals surface area contributed by atoms with Crippen molar-refractivity contribution in [3.63, 3.8) is 0 Å². The molecule has 0 saturated heterocycles. The summed E-state index contributed by atoms with van der Waals surface area (Å²) in [6, 6.07) is 19.4. The SMILES string of the molecule is CCNC(=O)c1ccc(COc2ccc3c(c2)[C@@H](c2ccccc2)N(C(=O)C(C)(C)C)CC3)o1. The maximum absolute atomic E-state index is 13.4. The van der Waals surface area contributed by atoms with E-state index in [2.05, 4.69) is 23.5 Å². The van der Waals surface area contributed by atoms with Gasteiger partial charge in [-0.2, -0.15) is 0 Å². The topological polar surface area (TPSA) is 71.8 Å². The maximum Gasteiger partial charge on any atom is 0.286 e. The number of ether oxygens (including phenoxy) is 1. The molecule has 6 nitrogen and oxygen atoms in total. The van der Waals surface area contributed by atoms with Crippen molar-refractivity contribution in [3.8, 4) is 5.75 Å². The summed E-state index contributed by atoms with van der Waals surface area (Å²) in [6.45, 7) is 9.18. The summed E-state index contributed by atoms with van der Waals surface area (Å²) in [5.74, 6) is 1.43. The highest BCUT2D eigenvalue weighted by molar-refractivity contribution is 5.91. The first-order valence-corrected chi connectivity index (χ1v) is 11.8. The van der Waals surface area contributed by atoms with Crippen LogP contribution in [-0.4, -0.2) is 29.8 Å². The van der Waals surface area contributed by atoms with Crippen LogP contribution in [0.5, 0.6) is 5.75 Å². The molecule has 0 bridgehead atoms. The van der Waals surface area contributed by atoms with Crippen molar-refractivity contribution in [1.82, 2.24) is 10.2 Å². The molecule has 0 saturated carbocycles. The van der Waals surface area contributed by atoms with E-state index in [0.29, 0.717) is 24.6 Å². The molecule has 4 rings (SSSR count). The lowest BCUT2D eigenvalue weighted by atomic mass is 9.85. The number of benzene rings is 2. The van der Waals surface area contributed by atoms with E-state index in [9.17, 15) is 9.59 Å². The van der Waals surface area contributed by atoms with Crippen LogP contribution in [-0.2, 0) is 17.8 Å². The van der Waals surface area contributed by atoms with E-state index >= 15 is 0 Å². The summed E-state index contributed by atoms with van der Waals surface area (Å²) in [5.41, 5.74) is 2.90. The maximum atomic E-state index is 13.4. The monoisotopic (exact) mass is 460 g/mol. The molecule has 6 heteroatoms. The summed E-state index contributed by atoms with van der Waals surface area (Å²) in [6.07, 6.45) is 0.800. The second-order valence-corrected chi connectivity index (χ2v) is 9.59. The average Bonchev–Trinajstić information content (AvgIpc) is 3.31. The molecular weight excluding hydrogens is 428 g/mol. The van der Waals surface area contributed by atoms with Crippen LogP contribution in [0.3, 0.4) is 0 Å². The Morgan fingerprint density at radius 3 is 2.56 bits per heavy atom. The first kappa shape index (κ1) is 23.6. The third-order valence-electron chi connectivity index (χ3n) is 5.97. The smallest absolute Gasteiger partial charge is 0.286 e. The fourth-order valence-corrected chi connectivity index (χ4v) is 4.31. The van der Waals surface area contributed by atoms with Crippen LogP contribution < -0.4 is 10.1 Å². The minimum atomic E-state index is -0.473. The van der Waals surface area contributed by atoms with Crippen molar-refractivity contribution in [2.24, 2.45) is 5.41 Å². The molecule has 178 valence electrons. The molecule has 3 aromatic rings. The van der Waals surface area contributed by atoms with Crippen LogP contribution in [0.4, 0.5) is 0 Å². The minimum absolute atomic E-state index is 0.131. The van der Waals surface area contributed by atoms with E-state index in [0.717, 1.165) is 17.5 Å². The number of nitrogens with zero attached hydrogens (tertiary/aromatic N) is 1. The Morgan fingerprint density at radius 2 is 1.85 bits per heavy atom. The number of hydrogen-bond donors (Lipinski definition) is 1. The van der Waals surface area contributed by atoms with Gasteiger partial charge >= 0.3 is 0 Å². The van der Waals surface area contributed by atoms with Crippen LogP contribution in [0.25, 0.3) is 0 Å². The molecule has 1 aliphatic heterocycles. The molecule has 0 spiro atoms. The van der Waals surface area contributed by atoms with Crippen LogP contribution in [0.15, 0.2) is 65.1 Å². The normalized spacial score (nSPS) is 15.5. The summed E-state index contributed by atoms with van der Waals surface area (Å²) in [4.78, 5) is 27.3. The number of carbonyl (C=O) groups excluding carboxylic acids is 2. The highest BCUT2D eigenvalue weighted by Gasteiger charge is 2.37. The molecule has 2 amide bonds. The van der Waals surface area contributed by atoms with Crippen LogP contribution in [0.2, 0.25) is 0 Å². The summed E-state index contributed by atoms with van der Waals surface area (Å²) < 4.78 is 11.6. The van der Waals surface area contributed by atoms with Gasteiger partial charge in [0, 0.05) is 18.5 Å². The van der Waals surface area contributed by atoms with Crippen LogP contribution >= 0.6 is 0 Å². The molecule has 0 radical (unpaired) electrons. The second-order valence-electron chi connectivity index (χ2n) is 9.59. The highest BCUT2D eigenvalue weighted by Crippen LogP contribution is 2.39. The number of carbonyl (C=O) groups is 2. The molecular formula is C28H32N2O4. The lowest BCUT2D eigenvalue weighted by Gasteiger charge is -2.41. The Morgan fingerprint density at radius 1 is 1.09 bits per heavy atom. The van der Waals surface area contributed by atoms with Gasteiger partial charge in [-0.3, -0.25) is 9.59 Å². The Balaban J connectivity index is 1.60. The van der Waals surface area contributed by atoms with Gasteiger partial charge in [0.05, 0.1) is 6.04 Å². The summed E-state index contributed by atoms with van der Waals surface area (Å²) in [7, 11) is 0. The third kappa shape index (κ3) is 5.01. The molecule has 0 fully saturated rings. The van der Waals surface area contributed by atoms with E-state index in [1.54, 1.807) is 12.1 Å². The van der Waals surface area contributed by atoms with Crippen LogP contribution in [0, 0.1) is 5.41 Å². The molecule has 34 heavy (non-hydrogen) atoms. The number of fused-ring (bicyclic) bond motifs is 1. The van der Waals surface area contributed by atoms with Gasteiger partial charge in [0.2, 0.25) is 5.91 Å². The van der Waals surface area contributed by atoms with Crippen molar-refractivity contribution < 1.29 is 18.7 Å².